The highest BCUT2D eigenvalue weighted by Crippen LogP contribution is 2.42. The van der Waals surface area contributed by atoms with Gasteiger partial charge in [0.2, 0.25) is 0 Å². The van der Waals surface area contributed by atoms with E-state index < -0.39 is 29.2 Å². The summed E-state index contributed by atoms with van der Waals surface area (Å²) < 4.78 is 6.31. The lowest BCUT2D eigenvalue weighted by atomic mass is 9.88. The van der Waals surface area contributed by atoms with Gasteiger partial charge in [0.25, 0.3) is 5.91 Å². The third-order valence-corrected chi connectivity index (χ3v) is 6.32. The lowest BCUT2D eigenvalue weighted by Crippen LogP contribution is -2.55. The fourth-order valence-electron chi connectivity index (χ4n) is 3.45. The largest absolute Gasteiger partial charge is 0.443 e. The van der Waals surface area contributed by atoms with E-state index in [0.29, 0.717) is 5.56 Å². The second-order valence-electron chi connectivity index (χ2n) is 8.62. The van der Waals surface area contributed by atoms with Gasteiger partial charge in [-0.2, -0.15) is 5.26 Å². The highest BCUT2D eigenvalue weighted by molar-refractivity contribution is 9.10. The van der Waals surface area contributed by atoms with Crippen molar-refractivity contribution < 1.29 is 19.4 Å². The summed E-state index contributed by atoms with van der Waals surface area (Å²) in [5.41, 5.74) is -1.79. The van der Waals surface area contributed by atoms with E-state index >= 15 is 0 Å². The van der Waals surface area contributed by atoms with Gasteiger partial charge in [-0.1, -0.05) is 39.7 Å². The van der Waals surface area contributed by atoms with Gasteiger partial charge in [0.05, 0.1) is 16.3 Å². The minimum Gasteiger partial charge on any atom is -0.443 e. The van der Waals surface area contributed by atoms with Crippen LogP contribution in [0.1, 0.15) is 44.9 Å². The summed E-state index contributed by atoms with van der Waals surface area (Å²) >= 11 is 15.0. The molecule has 2 amide bonds. The molecule has 2 aromatic rings. The molecule has 2 aromatic carbocycles. The molecule has 1 aliphatic rings. The van der Waals surface area contributed by atoms with Crippen molar-refractivity contribution in [3.8, 4) is 6.07 Å². The zero-order valence-electron chi connectivity index (χ0n) is 18.3. The number of hydrogen-bond donors (Lipinski definition) is 1. The molecular weight excluding hydrogens is 530 g/mol. The number of ether oxygens (including phenoxy) is 1. The first-order valence-corrected chi connectivity index (χ1v) is 11.4. The molecule has 33 heavy (non-hydrogen) atoms. The van der Waals surface area contributed by atoms with Crippen LogP contribution in [0.25, 0.3) is 0 Å². The molecule has 1 saturated heterocycles. The summed E-state index contributed by atoms with van der Waals surface area (Å²) in [6, 6.07) is 13.0. The van der Waals surface area contributed by atoms with E-state index in [0.717, 1.165) is 14.3 Å². The summed E-state index contributed by atoms with van der Waals surface area (Å²) in [6.45, 7) is 6.50. The molecule has 1 heterocycles. The molecule has 0 spiro atoms. The van der Waals surface area contributed by atoms with Crippen molar-refractivity contribution in [2.45, 2.75) is 44.9 Å². The van der Waals surface area contributed by atoms with Gasteiger partial charge in [0.15, 0.2) is 10.7 Å². The minimum absolute atomic E-state index is 0.122. The van der Waals surface area contributed by atoms with Crippen LogP contribution in [0, 0.1) is 11.3 Å². The molecule has 0 radical (unpaired) electrons. The van der Waals surface area contributed by atoms with Gasteiger partial charge in [-0.25, -0.2) is 9.69 Å². The van der Waals surface area contributed by atoms with Crippen LogP contribution in [0.5, 0.6) is 0 Å². The molecular formula is C23H21BrClN3O4S. The summed E-state index contributed by atoms with van der Waals surface area (Å²) in [5.74, 6) is -0.644. The second-order valence-corrected chi connectivity index (χ2v) is 10.3. The Hall–Kier alpha value is -2.51. The monoisotopic (exact) mass is 549 g/mol. The van der Waals surface area contributed by atoms with Gasteiger partial charge in [0.1, 0.15) is 17.8 Å². The highest BCUT2D eigenvalue weighted by Gasteiger charge is 2.60. The van der Waals surface area contributed by atoms with Crippen LogP contribution in [-0.4, -0.2) is 38.3 Å². The molecule has 2 atom stereocenters. The molecule has 7 nitrogen and oxygen atoms in total. The van der Waals surface area contributed by atoms with E-state index in [9.17, 15) is 14.7 Å². The third-order valence-electron chi connectivity index (χ3n) is 5.11. The number of nitrogens with zero attached hydrogens (tertiary/aromatic N) is 3. The number of hydrogen-bond acceptors (Lipinski definition) is 6. The fraction of sp³-hybridized carbons (Fsp3) is 0.304. The molecule has 0 aromatic heterocycles. The van der Waals surface area contributed by atoms with Crippen LogP contribution >= 0.6 is 39.7 Å². The van der Waals surface area contributed by atoms with Crippen molar-refractivity contribution in [1.29, 1.82) is 5.26 Å². The summed E-state index contributed by atoms with van der Waals surface area (Å²) in [4.78, 5) is 29.1. The zero-order chi connectivity index (χ0) is 24.7. The van der Waals surface area contributed by atoms with Crippen LogP contribution in [-0.2, 0) is 9.53 Å². The predicted octanol–water partition coefficient (Wildman–Crippen LogP) is 5.34. The normalized spacial score (nSPS) is 19.5. The molecule has 172 valence electrons. The number of nitriles is 1. The summed E-state index contributed by atoms with van der Waals surface area (Å²) in [5, 5.41) is 20.4. The lowest BCUT2D eigenvalue weighted by molar-refractivity contribution is -0.130. The number of rotatable bonds is 3. The number of benzene rings is 2. The van der Waals surface area contributed by atoms with Gasteiger partial charge in [0, 0.05) is 4.47 Å². The average molecular weight is 551 g/mol. The summed E-state index contributed by atoms with van der Waals surface area (Å²) in [7, 11) is 0. The maximum atomic E-state index is 13.8. The van der Waals surface area contributed by atoms with Crippen molar-refractivity contribution in [1.82, 2.24) is 4.90 Å². The summed E-state index contributed by atoms with van der Waals surface area (Å²) in [6.07, 6.45) is -2.30. The Labute approximate surface area is 210 Å². The minimum atomic E-state index is -1.81. The maximum absolute atomic E-state index is 13.8. The number of thiocarbonyl (C=S) groups is 1. The number of carbonyl (C=O) groups excluding carboxylic acids is 2. The van der Waals surface area contributed by atoms with Crippen LogP contribution in [0.4, 0.5) is 10.5 Å². The van der Waals surface area contributed by atoms with E-state index in [2.05, 4.69) is 15.9 Å². The van der Waals surface area contributed by atoms with Crippen LogP contribution in [0.3, 0.4) is 0 Å². The molecule has 1 aliphatic heterocycles. The van der Waals surface area contributed by atoms with E-state index in [4.69, 9.17) is 33.8 Å². The first-order valence-electron chi connectivity index (χ1n) is 9.86. The van der Waals surface area contributed by atoms with E-state index in [1.807, 2.05) is 6.07 Å². The Morgan fingerprint density at radius 3 is 2.39 bits per heavy atom. The van der Waals surface area contributed by atoms with Gasteiger partial charge < -0.3 is 9.84 Å². The molecule has 1 N–H and O–H groups in total. The van der Waals surface area contributed by atoms with Crippen LogP contribution in [0.2, 0.25) is 5.02 Å². The number of aliphatic hydroxyl groups is 1. The number of aliphatic hydroxyl groups excluding tert-OH is 1. The predicted molar refractivity (Wildman–Crippen MR) is 132 cm³/mol. The number of anilines is 1. The topological polar surface area (TPSA) is 93.9 Å². The third kappa shape index (κ3) is 4.62. The Balaban J connectivity index is 2.15. The average Bonchev–Trinajstić information content (AvgIpc) is 2.93. The maximum Gasteiger partial charge on any atom is 0.417 e. The first-order chi connectivity index (χ1) is 15.3. The van der Waals surface area contributed by atoms with Gasteiger partial charge >= 0.3 is 6.09 Å². The number of halogens is 2. The standard InChI is InChI=1S/C23H21BrClN3O4S/c1-22(2,3)32-21(31)28-20(33)27(16-10-7-14(12-26)17(25)11-16)19(30)23(28,4)18(29)13-5-8-15(24)9-6-13/h5-11,18,29H,1-4H3/t18-,23+/m0/s1. The lowest BCUT2D eigenvalue weighted by Gasteiger charge is -2.36. The van der Waals surface area contributed by atoms with E-state index in [1.54, 1.807) is 45.0 Å². The number of carbonyl (C=O) groups is 2. The number of amides is 2. The van der Waals surface area contributed by atoms with E-state index in [-0.39, 0.29) is 21.4 Å². The van der Waals surface area contributed by atoms with Crippen LogP contribution < -0.4 is 4.90 Å². The van der Waals surface area contributed by atoms with Crippen molar-refractivity contribution in [3.63, 3.8) is 0 Å². The van der Waals surface area contributed by atoms with Crippen molar-refractivity contribution in [2.75, 3.05) is 4.90 Å². The fourth-order valence-corrected chi connectivity index (χ4v) is 4.39. The zero-order valence-corrected chi connectivity index (χ0v) is 21.5. The SMILES string of the molecule is CC(C)(C)OC(=O)N1C(=S)N(c2ccc(C#N)c(Cl)c2)C(=O)[C@@]1(C)[C@@H](O)c1ccc(Br)cc1. The van der Waals surface area contributed by atoms with Crippen molar-refractivity contribution >= 4 is 62.5 Å². The Kier molecular flexibility index (Phi) is 6.87. The molecule has 1 fully saturated rings. The Bertz CT molecular complexity index is 1180. The van der Waals surface area contributed by atoms with Gasteiger partial charge in [-0.05, 0) is 75.8 Å². The molecule has 0 aliphatic carbocycles. The van der Waals surface area contributed by atoms with Crippen LogP contribution in [0.15, 0.2) is 46.9 Å². The quantitative estimate of drug-likeness (QED) is 0.519. The van der Waals surface area contributed by atoms with Gasteiger partial charge in [-0.15, -0.1) is 0 Å². The van der Waals surface area contributed by atoms with Gasteiger partial charge in [-0.3, -0.25) is 9.69 Å². The highest BCUT2D eigenvalue weighted by atomic mass is 79.9. The molecule has 3 rings (SSSR count). The second kappa shape index (κ2) is 9.03. The smallest absolute Gasteiger partial charge is 0.417 e. The Morgan fingerprint density at radius 2 is 1.88 bits per heavy atom. The van der Waals surface area contributed by atoms with Crippen molar-refractivity contribution in [3.05, 3.63) is 63.1 Å². The Morgan fingerprint density at radius 1 is 1.27 bits per heavy atom. The first kappa shape index (κ1) is 25.1. The van der Waals surface area contributed by atoms with Crippen molar-refractivity contribution in [2.24, 2.45) is 0 Å². The molecule has 0 bridgehead atoms. The van der Waals surface area contributed by atoms with E-state index in [1.165, 1.54) is 25.1 Å². The molecule has 10 heteroatoms. The molecule has 0 unspecified atom stereocenters. The molecule has 0 saturated carbocycles.